The number of hydrogen-bond acceptors (Lipinski definition) is 4. The molecule has 0 spiro atoms. The summed E-state index contributed by atoms with van der Waals surface area (Å²) >= 11 is 0. The second-order valence-corrected chi connectivity index (χ2v) is 6.51. The molecule has 3 aromatic rings. The van der Waals surface area contributed by atoms with Crippen molar-refractivity contribution in [2.24, 2.45) is 0 Å². The summed E-state index contributed by atoms with van der Waals surface area (Å²) in [5.41, 5.74) is 1.44. The largest absolute Gasteiger partial charge is 0.452 e. The van der Waals surface area contributed by atoms with Gasteiger partial charge in [0.05, 0.1) is 11.1 Å². The van der Waals surface area contributed by atoms with Crippen molar-refractivity contribution in [1.29, 1.82) is 0 Å². The number of halogens is 2. The Hall–Kier alpha value is -3.80. The Kier molecular flexibility index (Phi) is 4.68. The van der Waals surface area contributed by atoms with Crippen LogP contribution in [0.4, 0.5) is 8.78 Å². The molecule has 1 heterocycles. The van der Waals surface area contributed by atoms with Gasteiger partial charge >= 0.3 is 5.97 Å². The van der Waals surface area contributed by atoms with Gasteiger partial charge in [-0.05, 0) is 60.5 Å². The maximum atomic E-state index is 13.4. The summed E-state index contributed by atoms with van der Waals surface area (Å²) in [5, 5.41) is 0. The number of fused-ring (bicyclic) bond motifs is 1. The maximum Gasteiger partial charge on any atom is 0.343 e. The SMILES string of the molecule is Cc1cc(OC(=O)c2cccc(F)c2)cc2c1C(=O)/C(=C/c1cccc(F)c1)O2. The summed E-state index contributed by atoms with van der Waals surface area (Å²) in [6, 6.07) is 13.9. The van der Waals surface area contributed by atoms with Crippen LogP contribution in [0.5, 0.6) is 11.5 Å². The molecule has 29 heavy (non-hydrogen) atoms. The van der Waals surface area contributed by atoms with Gasteiger partial charge < -0.3 is 9.47 Å². The van der Waals surface area contributed by atoms with Crippen molar-refractivity contribution in [2.75, 3.05) is 0 Å². The van der Waals surface area contributed by atoms with E-state index in [1.54, 1.807) is 13.0 Å². The third-order valence-corrected chi connectivity index (χ3v) is 4.36. The van der Waals surface area contributed by atoms with Crippen molar-refractivity contribution in [1.82, 2.24) is 0 Å². The number of esters is 1. The molecule has 0 unspecified atom stereocenters. The quantitative estimate of drug-likeness (QED) is 0.353. The average Bonchev–Trinajstić information content (AvgIpc) is 2.97. The lowest BCUT2D eigenvalue weighted by molar-refractivity contribution is 0.0734. The van der Waals surface area contributed by atoms with Crippen LogP contribution in [0.15, 0.2) is 66.4 Å². The van der Waals surface area contributed by atoms with Gasteiger partial charge in [-0.1, -0.05) is 18.2 Å². The molecule has 0 aromatic heterocycles. The minimum absolute atomic E-state index is 0.0438. The zero-order valence-corrected chi connectivity index (χ0v) is 15.2. The molecule has 4 nitrogen and oxygen atoms in total. The topological polar surface area (TPSA) is 52.6 Å². The summed E-state index contributed by atoms with van der Waals surface area (Å²) < 4.78 is 37.6. The number of aryl methyl sites for hydroxylation is 1. The lowest BCUT2D eigenvalue weighted by Gasteiger charge is -2.08. The smallest absolute Gasteiger partial charge is 0.343 e. The molecule has 1 aliphatic heterocycles. The summed E-state index contributed by atoms with van der Waals surface area (Å²) in [4.78, 5) is 24.9. The van der Waals surface area contributed by atoms with Crippen LogP contribution in [0.25, 0.3) is 6.08 Å². The average molecular weight is 392 g/mol. The molecule has 0 amide bonds. The van der Waals surface area contributed by atoms with Gasteiger partial charge in [-0.2, -0.15) is 0 Å². The first-order valence-corrected chi connectivity index (χ1v) is 8.73. The predicted octanol–water partition coefficient (Wildman–Crippen LogP) is 5.11. The number of ketones is 1. The second-order valence-electron chi connectivity index (χ2n) is 6.51. The summed E-state index contributed by atoms with van der Waals surface area (Å²) in [6.45, 7) is 1.69. The molecule has 6 heteroatoms. The molecule has 3 aromatic carbocycles. The third-order valence-electron chi connectivity index (χ3n) is 4.36. The predicted molar refractivity (Wildman–Crippen MR) is 102 cm³/mol. The van der Waals surface area contributed by atoms with Crippen LogP contribution < -0.4 is 9.47 Å². The fraction of sp³-hybridized carbons (Fsp3) is 0.0435. The van der Waals surface area contributed by atoms with Crippen molar-refractivity contribution in [3.8, 4) is 11.5 Å². The lowest BCUT2D eigenvalue weighted by atomic mass is 10.0. The Morgan fingerprint density at radius 1 is 1.00 bits per heavy atom. The van der Waals surface area contributed by atoms with E-state index in [1.807, 2.05) is 0 Å². The molecule has 1 aliphatic rings. The van der Waals surface area contributed by atoms with Crippen LogP contribution in [0.2, 0.25) is 0 Å². The zero-order chi connectivity index (χ0) is 20.5. The molecule has 0 N–H and O–H groups in total. The van der Waals surface area contributed by atoms with Crippen LogP contribution >= 0.6 is 0 Å². The van der Waals surface area contributed by atoms with Crippen LogP contribution in [0.3, 0.4) is 0 Å². The van der Waals surface area contributed by atoms with Crippen molar-refractivity contribution in [3.63, 3.8) is 0 Å². The van der Waals surface area contributed by atoms with Gasteiger partial charge in [0.2, 0.25) is 5.78 Å². The van der Waals surface area contributed by atoms with Gasteiger partial charge in [-0.15, -0.1) is 0 Å². The number of benzene rings is 3. The molecule has 4 rings (SSSR count). The Balaban J connectivity index is 1.61. The van der Waals surface area contributed by atoms with E-state index in [0.29, 0.717) is 16.7 Å². The minimum atomic E-state index is -0.733. The standard InChI is InChI=1S/C23H14F2O4/c1-13-8-18(28-23(27)15-5-3-7-17(25)11-15)12-19-21(13)22(26)20(29-19)10-14-4-2-6-16(24)9-14/h2-12H,1H3/b20-10-. The van der Waals surface area contributed by atoms with Gasteiger partial charge in [-0.25, -0.2) is 13.6 Å². The van der Waals surface area contributed by atoms with Gasteiger partial charge in [0.1, 0.15) is 23.1 Å². The van der Waals surface area contributed by atoms with Crippen molar-refractivity contribution >= 4 is 17.8 Å². The first-order chi connectivity index (χ1) is 13.9. The van der Waals surface area contributed by atoms with E-state index < -0.39 is 17.6 Å². The zero-order valence-electron chi connectivity index (χ0n) is 15.2. The summed E-state index contributed by atoms with van der Waals surface area (Å²) in [6.07, 6.45) is 1.45. The van der Waals surface area contributed by atoms with E-state index in [9.17, 15) is 18.4 Å². The number of Topliss-reactive ketones (excluding diaryl/α,β-unsaturated/α-hetero) is 1. The maximum absolute atomic E-state index is 13.4. The molecule has 0 saturated carbocycles. The van der Waals surface area contributed by atoms with Crippen LogP contribution in [-0.4, -0.2) is 11.8 Å². The third kappa shape index (κ3) is 3.78. The Labute approximate surface area is 165 Å². The number of ether oxygens (including phenoxy) is 2. The Bertz CT molecular complexity index is 1180. The first kappa shape index (κ1) is 18.6. The molecule has 0 saturated heterocycles. The number of allylic oxidation sites excluding steroid dienone is 1. The highest BCUT2D eigenvalue weighted by Crippen LogP contribution is 2.37. The molecular formula is C23H14F2O4. The van der Waals surface area contributed by atoms with E-state index in [-0.39, 0.29) is 28.6 Å². The van der Waals surface area contributed by atoms with E-state index >= 15 is 0 Å². The Morgan fingerprint density at radius 2 is 1.72 bits per heavy atom. The van der Waals surface area contributed by atoms with E-state index in [0.717, 1.165) is 6.07 Å². The van der Waals surface area contributed by atoms with Crippen LogP contribution in [0, 0.1) is 18.6 Å². The molecule has 0 fully saturated rings. The second kappa shape index (κ2) is 7.31. The summed E-state index contributed by atoms with van der Waals surface area (Å²) in [7, 11) is 0. The minimum Gasteiger partial charge on any atom is -0.452 e. The van der Waals surface area contributed by atoms with Crippen molar-refractivity contribution in [2.45, 2.75) is 6.92 Å². The highest BCUT2D eigenvalue weighted by molar-refractivity contribution is 6.15. The molecule has 0 atom stereocenters. The molecule has 0 radical (unpaired) electrons. The van der Waals surface area contributed by atoms with Crippen molar-refractivity contribution in [3.05, 3.63) is 100 Å². The first-order valence-electron chi connectivity index (χ1n) is 8.73. The van der Waals surface area contributed by atoms with Gasteiger partial charge in [-0.3, -0.25) is 4.79 Å². The number of rotatable bonds is 3. The number of hydrogen-bond donors (Lipinski definition) is 0. The van der Waals surface area contributed by atoms with Crippen molar-refractivity contribution < 1.29 is 27.8 Å². The Morgan fingerprint density at radius 3 is 2.45 bits per heavy atom. The molecular weight excluding hydrogens is 378 g/mol. The van der Waals surface area contributed by atoms with Gasteiger partial charge in [0, 0.05) is 6.07 Å². The van der Waals surface area contributed by atoms with Gasteiger partial charge in [0.15, 0.2) is 5.76 Å². The van der Waals surface area contributed by atoms with E-state index in [2.05, 4.69) is 0 Å². The summed E-state index contributed by atoms with van der Waals surface area (Å²) in [5.74, 6) is -1.61. The number of carbonyl (C=O) groups excluding carboxylic acids is 2. The highest BCUT2D eigenvalue weighted by Gasteiger charge is 2.30. The normalized spacial score (nSPS) is 13.9. The molecule has 0 aliphatic carbocycles. The number of carbonyl (C=O) groups is 2. The fourth-order valence-electron chi connectivity index (χ4n) is 3.07. The fourth-order valence-corrected chi connectivity index (χ4v) is 3.07. The van der Waals surface area contributed by atoms with Gasteiger partial charge in [0.25, 0.3) is 0 Å². The van der Waals surface area contributed by atoms with E-state index in [4.69, 9.17) is 9.47 Å². The molecule has 144 valence electrons. The van der Waals surface area contributed by atoms with E-state index in [1.165, 1.54) is 54.6 Å². The van der Waals surface area contributed by atoms with Crippen LogP contribution in [-0.2, 0) is 0 Å². The van der Waals surface area contributed by atoms with Crippen LogP contribution in [0.1, 0.15) is 31.8 Å². The lowest BCUT2D eigenvalue weighted by Crippen LogP contribution is -2.09. The highest BCUT2D eigenvalue weighted by atomic mass is 19.1. The molecule has 0 bridgehead atoms. The monoisotopic (exact) mass is 392 g/mol.